The van der Waals surface area contributed by atoms with Crippen molar-refractivity contribution < 1.29 is 4.74 Å². The van der Waals surface area contributed by atoms with Gasteiger partial charge in [-0.3, -0.25) is 10.1 Å². The fourth-order valence-electron chi connectivity index (χ4n) is 2.25. The maximum Gasteiger partial charge on any atom is 0.144 e. The van der Waals surface area contributed by atoms with Crippen LogP contribution in [-0.2, 0) is 4.74 Å². The van der Waals surface area contributed by atoms with Crippen molar-refractivity contribution in [3.05, 3.63) is 36.5 Å². The lowest BCUT2D eigenvalue weighted by Gasteiger charge is -2.17. The summed E-state index contributed by atoms with van der Waals surface area (Å²) in [4.78, 5) is 8.22. The monoisotopic (exact) mass is 245 g/mol. The molecule has 0 bridgehead atoms. The summed E-state index contributed by atoms with van der Waals surface area (Å²) in [7, 11) is 0. The molecule has 1 aliphatic heterocycles. The summed E-state index contributed by atoms with van der Waals surface area (Å²) in [5.41, 5.74) is 1.11. The lowest BCUT2D eigenvalue weighted by molar-refractivity contribution is 0.0933. The van der Waals surface area contributed by atoms with Crippen molar-refractivity contribution >= 4 is 5.82 Å². The van der Waals surface area contributed by atoms with Crippen molar-refractivity contribution in [1.29, 1.82) is 0 Å². The second-order valence-electron chi connectivity index (χ2n) is 4.34. The minimum atomic E-state index is 0.118. The SMILES string of the molecule is c1cnc(NC[C@H]2CCO[C@@H]2c2cn[nH]c2)cn1. The molecule has 0 aliphatic carbocycles. The molecule has 1 fully saturated rings. The first-order valence-corrected chi connectivity index (χ1v) is 6.03. The first-order chi connectivity index (χ1) is 8.93. The van der Waals surface area contributed by atoms with Crippen LogP contribution in [0.25, 0.3) is 0 Å². The van der Waals surface area contributed by atoms with E-state index in [2.05, 4.69) is 25.5 Å². The summed E-state index contributed by atoms with van der Waals surface area (Å²) in [5.74, 6) is 1.24. The van der Waals surface area contributed by atoms with Gasteiger partial charge in [0.1, 0.15) is 5.82 Å². The van der Waals surface area contributed by atoms with Crippen molar-refractivity contribution in [2.45, 2.75) is 12.5 Å². The Morgan fingerprint density at radius 2 is 2.39 bits per heavy atom. The number of rotatable bonds is 4. The maximum atomic E-state index is 5.76. The smallest absolute Gasteiger partial charge is 0.144 e. The summed E-state index contributed by atoms with van der Waals surface area (Å²) in [5, 5.41) is 10.1. The van der Waals surface area contributed by atoms with Crippen LogP contribution >= 0.6 is 0 Å². The van der Waals surface area contributed by atoms with E-state index in [0.29, 0.717) is 5.92 Å². The summed E-state index contributed by atoms with van der Waals surface area (Å²) in [6.45, 7) is 1.62. The number of H-pyrrole nitrogens is 1. The molecule has 0 spiro atoms. The van der Waals surface area contributed by atoms with E-state index < -0.39 is 0 Å². The molecule has 2 N–H and O–H groups in total. The molecule has 18 heavy (non-hydrogen) atoms. The number of hydrogen-bond donors (Lipinski definition) is 2. The molecule has 3 heterocycles. The van der Waals surface area contributed by atoms with E-state index in [1.165, 1.54) is 0 Å². The van der Waals surface area contributed by atoms with Crippen LogP contribution in [0.15, 0.2) is 31.0 Å². The molecule has 0 amide bonds. The fourth-order valence-corrected chi connectivity index (χ4v) is 2.25. The molecular formula is C12H15N5O. The maximum absolute atomic E-state index is 5.76. The lowest BCUT2D eigenvalue weighted by atomic mass is 9.97. The third-order valence-electron chi connectivity index (χ3n) is 3.17. The molecule has 0 radical (unpaired) electrons. The zero-order valence-electron chi connectivity index (χ0n) is 9.91. The molecule has 2 atom stereocenters. The van der Waals surface area contributed by atoms with Gasteiger partial charge in [0.25, 0.3) is 0 Å². The Morgan fingerprint density at radius 3 is 3.17 bits per heavy atom. The molecule has 3 rings (SSSR count). The highest BCUT2D eigenvalue weighted by molar-refractivity contribution is 5.30. The van der Waals surface area contributed by atoms with E-state index >= 15 is 0 Å². The Bertz CT molecular complexity index is 472. The van der Waals surface area contributed by atoms with Gasteiger partial charge in [-0.2, -0.15) is 5.10 Å². The van der Waals surface area contributed by atoms with Gasteiger partial charge in [0.15, 0.2) is 0 Å². The largest absolute Gasteiger partial charge is 0.373 e. The third-order valence-corrected chi connectivity index (χ3v) is 3.17. The molecular weight excluding hydrogens is 230 g/mol. The van der Waals surface area contributed by atoms with Gasteiger partial charge in [-0.15, -0.1) is 0 Å². The van der Waals surface area contributed by atoms with Crippen molar-refractivity contribution in [2.75, 3.05) is 18.5 Å². The number of hydrogen-bond acceptors (Lipinski definition) is 5. The van der Waals surface area contributed by atoms with Gasteiger partial charge < -0.3 is 10.1 Å². The van der Waals surface area contributed by atoms with Crippen LogP contribution in [0.3, 0.4) is 0 Å². The first kappa shape index (κ1) is 11.2. The number of aromatic amines is 1. The van der Waals surface area contributed by atoms with Crippen LogP contribution < -0.4 is 5.32 Å². The molecule has 1 saturated heterocycles. The Morgan fingerprint density at radius 1 is 1.39 bits per heavy atom. The van der Waals surface area contributed by atoms with E-state index in [4.69, 9.17) is 4.74 Å². The van der Waals surface area contributed by atoms with Gasteiger partial charge >= 0.3 is 0 Å². The molecule has 2 aromatic heterocycles. The Kier molecular flexibility index (Phi) is 3.18. The fraction of sp³-hybridized carbons (Fsp3) is 0.417. The van der Waals surface area contributed by atoms with E-state index in [1.54, 1.807) is 18.6 Å². The van der Waals surface area contributed by atoms with Crippen molar-refractivity contribution in [3.8, 4) is 0 Å². The van der Waals surface area contributed by atoms with Gasteiger partial charge in [-0.25, -0.2) is 4.98 Å². The predicted octanol–water partition coefficient (Wildman–Crippen LogP) is 1.39. The average molecular weight is 245 g/mol. The molecule has 0 aromatic carbocycles. The van der Waals surface area contributed by atoms with Gasteiger partial charge in [-0.05, 0) is 6.42 Å². The molecule has 6 nitrogen and oxygen atoms in total. The second kappa shape index (κ2) is 5.14. The van der Waals surface area contributed by atoms with E-state index in [-0.39, 0.29) is 6.10 Å². The number of nitrogens with zero attached hydrogens (tertiary/aromatic N) is 3. The minimum Gasteiger partial charge on any atom is -0.373 e. The van der Waals surface area contributed by atoms with Crippen LogP contribution in [0.5, 0.6) is 0 Å². The molecule has 94 valence electrons. The molecule has 0 unspecified atom stereocenters. The van der Waals surface area contributed by atoms with E-state index in [0.717, 1.165) is 31.0 Å². The third kappa shape index (κ3) is 2.33. The van der Waals surface area contributed by atoms with E-state index in [1.807, 2.05) is 12.4 Å². The van der Waals surface area contributed by atoms with Crippen molar-refractivity contribution in [1.82, 2.24) is 20.2 Å². The number of anilines is 1. The quantitative estimate of drug-likeness (QED) is 0.851. The highest BCUT2D eigenvalue weighted by Crippen LogP contribution is 2.33. The topological polar surface area (TPSA) is 75.7 Å². The van der Waals surface area contributed by atoms with E-state index in [9.17, 15) is 0 Å². The predicted molar refractivity (Wildman–Crippen MR) is 65.9 cm³/mol. The molecule has 0 saturated carbocycles. The van der Waals surface area contributed by atoms with Crippen LogP contribution in [0.4, 0.5) is 5.82 Å². The van der Waals surface area contributed by atoms with Gasteiger partial charge in [0.2, 0.25) is 0 Å². The number of nitrogens with one attached hydrogen (secondary N) is 2. The van der Waals surface area contributed by atoms with Crippen LogP contribution in [0, 0.1) is 5.92 Å². The minimum absolute atomic E-state index is 0.118. The molecule has 2 aromatic rings. The second-order valence-corrected chi connectivity index (χ2v) is 4.34. The van der Waals surface area contributed by atoms with Crippen molar-refractivity contribution in [2.24, 2.45) is 5.92 Å². The highest BCUT2D eigenvalue weighted by atomic mass is 16.5. The van der Waals surface area contributed by atoms with Crippen molar-refractivity contribution in [3.63, 3.8) is 0 Å². The van der Waals surface area contributed by atoms with Gasteiger partial charge in [0.05, 0.1) is 18.5 Å². The number of ether oxygens (including phenoxy) is 1. The van der Waals surface area contributed by atoms with Crippen LogP contribution in [0.2, 0.25) is 0 Å². The zero-order valence-corrected chi connectivity index (χ0v) is 9.91. The summed E-state index contributed by atoms with van der Waals surface area (Å²) in [6, 6.07) is 0. The van der Waals surface area contributed by atoms with Crippen LogP contribution in [0.1, 0.15) is 18.1 Å². The van der Waals surface area contributed by atoms with Gasteiger partial charge in [-0.1, -0.05) is 0 Å². The molecule has 6 heteroatoms. The lowest BCUT2D eigenvalue weighted by Crippen LogP contribution is -2.18. The summed E-state index contributed by atoms with van der Waals surface area (Å²) in [6.07, 6.45) is 9.95. The Balaban J connectivity index is 1.62. The first-order valence-electron chi connectivity index (χ1n) is 6.03. The summed E-state index contributed by atoms with van der Waals surface area (Å²) >= 11 is 0. The molecule has 1 aliphatic rings. The van der Waals surface area contributed by atoms with Crippen LogP contribution in [-0.4, -0.2) is 33.3 Å². The summed E-state index contributed by atoms with van der Waals surface area (Å²) < 4.78 is 5.76. The van der Waals surface area contributed by atoms with Gasteiger partial charge in [0, 0.05) is 43.2 Å². The Labute approximate surface area is 105 Å². The standard InChI is InChI=1S/C12H15N5O/c1-4-18-12(10-6-16-17-7-10)9(1)5-15-11-8-13-2-3-14-11/h2-3,6-9,12H,1,4-5H2,(H,14,15)(H,16,17)/t9-,12+/m1/s1. The highest BCUT2D eigenvalue weighted by Gasteiger charge is 2.30. The number of aromatic nitrogens is 4. The zero-order chi connectivity index (χ0) is 12.2. The average Bonchev–Trinajstić information content (AvgIpc) is 3.08. The normalized spacial score (nSPS) is 23.1. The Hall–Kier alpha value is -1.95.